The van der Waals surface area contributed by atoms with Gasteiger partial charge in [0.1, 0.15) is 5.15 Å². The van der Waals surface area contributed by atoms with Crippen molar-refractivity contribution in [3.8, 4) is 0 Å². The molecule has 0 spiro atoms. The van der Waals surface area contributed by atoms with E-state index in [1.54, 1.807) is 6.20 Å². The third-order valence-corrected chi connectivity index (χ3v) is 2.00. The van der Waals surface area contributed by atoms with Gasteiger partial charge in [0.25, 0.3) is 0 Å². The summed E-state index contributed by atoms with van der Waals surface area (Å²) in [6, 6.07) is 3.77. The largest absolute Gasteiger partial charge is 0.245 e. The fourth-order valence-corrected chi connectivity index (χ4v) is 1.25. The SMILES string of the molecule is Clc1cc(C=CCCBr)ccn1. The number of halogens is 2. The molecule has 0 N–H and O–H groups in total. The van der Waals surface area contributed by atoms with E-state index in [2.05, 4.69) is 27.0 Å². The molecule has 0 unspecified atom stereocenters. The smallest absolute Gasteiger partial charge is 0.129 e. The average Bonchev–Trinajstić information content (AvgIpc) is 2.05. The van der Waals surface area contributed by atoms with Gasteiger partial charge in [-0.2, -0.15) is 0 Å². The highest BCUT2D eigenvalue weighted by atomic mass is 79.9. The molecule has 1 aromatic heterocycles. The van der Waals surface area contributed by atoms with Crippen LogP contribution in [0.5, 0.6) is 0 Å². The Hall–Kier alpha value is -0.340. The molecular weight excluding hydrogens is 237 g/mol. The van der Waals surface area contributed by atoms with Crippen LogP contribution in [0.15, 0.2) is 24.4 Å². The van der Waals surface area contributed by atoms with E-state index in [1.165, 1.54) is 0 Å². The molecule has 0 saturated carbocycles. The molecule has 0 atom stereocenters. The zero-order chi connectivity index (χ0) is 8.81. The van der Waals surface area contributed by atoms with E-state index < -0.39 is 0 Å². The van der Waals surface area contributed by atoms with Crippen molar-refractivity contribution >= 4 is 33.6 Å². The quantitative estimate of drug-likeness (QED) is 0.587. The second kappa shape index (κ2) is 5.33. The molecule has 0 aliphatic carbocycles. The summed E-state index contributed by atoms with van der Waals surface area (Å²) in [5.74, 6) is 0. The first kappa shape index (κ1) is 9.75. The molecule has 0 aromatic carbocycles. The van der Waals surface area contributed by atoms with Gasteiger partial charge in [-0.1, -0.05) is 39.7 Å². The van der Waals surface area contributed by atoms with E-state index in [1.807, 2.05) is 18.2 Å². The van der Waals surface area contributed by atoms with E-state index in [0.29, 0.717) is 5.15 Å². The Kier molecular flexibility index (Phi) is 4.33. The zero-order valence-corrected chi connectivity index (χ0v) is 8.85. The van der Waals surface area contributed by atoms with Crippen LogP contribution in [0.3, 0.4) is 0 Å². The maximum Gasteiger partial charge on any atom is 0.129 e. The Morgan fingerprint density at radius 1 is 1.58 bits per heavy atom. The highest BCUT2D eigenvalue weighted by molar-refractivity contribution is 9.09. The van der Waals surface area contributed by atoms with Crippen LogP contribution < -0.4 is 0 Å². The Balaban J connectivity index is 2.63. The summed E-state index contributed by atoms with van der Waals surface area (Å²) in [5.41, 5.74) is 1.09. The van der Waals surface area contributed by atoms with Gasteiger partial charge in [0.05, 0.1) is 0 Å². The molecule has 12 heavy (non-hydrogen) atoms. The minimum Gasteiger partial charge on any atom is -0.245 e. The normalized spacial score (nSPS) is 10.8. The summed E-state index contributed by atoms with van der Waals surface area (Å²) in [5, 5.41) is 1.53. The highest BCUT2D eigenvalue weighted by Crippen LogP contribution is 2.08. The number of hydrogen-bond donors (Lipinski definition) is 0. The summed E-state index contributed by atoms with van der Waals surface area (Å²) < 4.78 is 0. The van der Waals surface area contributed by atoms with Crippen LogP contribution in [0.4, 0.5) is 0 Å². The first-order chi connectivity index (χ1) is 5.83. The van der Waals surface area contributed by atoms with Crippen molar-refractivity contribution in [2.24, 2.45) is 0 Å². The van der Waals surface area contributed by atoms with E-state index in [9.17, 15) is 0 Å². The van der Waals surface area contributed by atoms with Gasteiger partial charge in [-0.25, -0.2) is 4.98 Å². The molecule has 0 bridgehead atoms. The minimum absolute atomic E-state index is 0.538. The third kappa shape index (κ3) is 3.37. The lowest BCUT2D eigenvalue weighted by Gasteiger charge is -1.92. The van der Waals surface area contributed by atoms with Crippen LogP contribution in [0.1, 0.15) is 12.0 Å². The van der Waals surface area contributed by atoms with Crippen LogP contribution in [-0.4, -0.2) is 10.3 Å². The van der Waals surface area contributed by atoms with E-state index >= 15 is 0 Å². The van der Waals surface area contributed by atoms with E-state index in [0.717, 1.165) is 17.3 Å². The Bertz CT molecular complexity index is 273. The van der Waals surface area contributed by atoms with Crippen molar-refractivity contribution in [2.75, 3.05) is 5.33 Å². The number of nitrogens with zero attached hydrogens (tertiary/aromatic N) is 1. The molecule has 0 aliphatic rings. The van der Waals surface area contributed by atoms with Crippen molar-refractivity contribution in [2.45, 2.75) is 6.42 Å². The van der Waals surface area contributed by atoms with Gasteiger partial charge in [0.2, 0.25) is 0 Å². The monoisotopic (exact) mass is 245 g/mol. The van der Waals surface area contributed by atoms with Gasteiger partial charge in [-0.05, 0) is 24.1 Å². The molecule has 0 fully saturated rings. The van der Waals surface area contributed by atoms with Crippen molar-refractivity contribution in [3.05, 3.63) is 35.1 Å². The zero-order valence-electron chi connectivity index (χ0n) is 6.50. The predicted octanol–water partition coefficient (Wildman–Crippen LogP) is 3.53. The molecule has 1 rings (SSSR count). The topological polar surface area (TPSA) is 12.9 Å². The van der Waals surface area contributed by atoms with Gasteiger partial charge in [0, 0.05) is 11.5 Å². The fraction of sp³-hybridized carbons (Fsp3) is 0.222. The van der Waals surface area contributed by atoms with Gasteiger partial charge in [0.15, 0.2) is 0 Å². The first-order valence-electron chi connectivity index (χ1n) is 3.67. The van der Waals surface area contributed by atoms with Crippen molar-refractivity contribution in [1.82, 2.24) is 4.98 Å². The van der Waals surface area contributed by atoms with E-state index in [-0.39, 0.29) is 0 Å². The van der Waals surface area contributed by atoms with Crippen LogP contribution in [0.25, 0.3) is 6.08 Å². The maximum absolute atomic E-state index is 5.70. The minimum atomic E-state index is 0.538. The van der Waals surface area contributed by atoms with Gasteiger partial charge >= 0.3 is 0 Å². The van der Waals surface area contributed by atoms with Gasteiger partial charge in [-0.15, -0.1) is 0 Å². The Morgan fingerprint density at radius 2 is 2.42 bits per heavy atom. The second-order valence-electron chi connectivity index (χ2n) is 2.29. The van der Waals surface area contributed by atoms with Gasteiger partial charge < -0.3 is 0 Å². The van der Waals surface area contributed by atoms with E-state index in [4.69, 9.17) is 11.6 Å². The van der Waals surface area contributed by atoms with Crippen LogP contribution in [0.2, 0.25) is 5.15 Å². The summed E-state index contributed by atoms with van der Waals surface area (Å²) in [4.78, 5) is 3.89. The summed E-state index contributed by atoms with van der Waals surface area (Å²) in [6.45, 7) is 0. The summed E-state index contributed by atoms with van der Waals surface area (Å²) in [6.07, 6.45) is 6.87. The predicted molar refractivity (Wildman–Crippen MR) is 56.7 cm³/mol. The molecule has 0 amide bonds. The molecule has 0 radical (unpaired) electrons. The number of aromatic nitrogens is 1. The molecule has 3 heteroatoms. The van der Waals surface area contributed by atoms with Crippen LogP contribution >= 0.6 is 27.5 Å². The van der Waals surface area contributed by atoms with Crippen LogP contribution in [-0.2, 0) is 0 Å². The lowest BCUT2D eigenvalue weighted by molar-refractivity contribution is 1.27. The second-order valence-corrected chi connectivity index (χ2v) is 3.47. The molecule has 0 aliphatic heterocycles. The molecule has 1 aromatic rings. The fourth-order valence-electron chi connectivity index (χ4n) is 0.804. The van der Waals surface area contributed by atoms with Crippen molar-refractivity contribution in [1.29, 1.82) is 0 Å². The van der Waals surface area contributed by atoms with Crippen molar-refractivity contribution < 1.29 is 0 Å². The molecule has 1 heterocycles. The lowest BCUT2D eigenvalue weighted by atomic mass is 10.2. The molecule has 64 valence electrons. The molecular formula is C9H9BrClN. The third-order valence-electron chi connectivity index (χ3n) is 1.34. The summed E-state index contributed by atoms with van der Waals surface area (Å²) >= 11 is 9.05. The molecule has 1 nitrogen and oxygen atoms in total. The standard InChI is InChI=1S/C9H9BrClN/c10-5-2-1-3-8-4-6-12-9(11)7-8/h1,3-4,6-7H,2,5H2. The Labute approximate surface area is 85.6 Å². The number of pyridine rings is 1. The average molecular weight is 247 g/mol. The van der Waals surface area contributed by atoms with Crippen molar-refractivity contribution in [3.63, 3.8) is 0 Å². The number of alkyl halides is 1. The van der Waals surface area contributed by atoms with Gasteiger partial charge in [-0.3, -0.25) is 0 Å². The lowest BCUT2D eigenvalue weighted by Crippen LogP contribution is -1.76. The maximum atomic E-state index is 5.70. The Morgan fingerprint density at radius 3 is 3.08 bits per heavy atom. The first-order valence-corrected chi connectivity index (χ1v) is 5.17. The molecule has 0 saturated heterocycles. The van der Waals surface area contributed by atoms with Crippen LogP contribution in [0, 0.1) is 0 Å². The number of allylic oxidation sites excluding steroid dienone is 1. The highest BCUT2D eigenvalue weighted by Gasteiger charge is 1.88. The summed E-state index contributed by atoms with van der Waals surface area (Å²) in [7, 11) is 0. The number of rotatable bonds is 3. The number of hydrogen-bond acceptors (Lipinski definition) is 1.